The third-order valence-corrected chi connectivity index (χ3v) is 3.03. The smallest absolute Gasteiger partial charge is 0.273 e. The van der Waals surface area contributed by atoms with Crippen LogP contribution in [-0.2, 0) is 6.42 Å². The molecule has 1 amide bonds. The maximum Gasteiger partial charge on any atom is 0.273 e. The van der Waals surface area contributed by atoms with Crippen molar-refractivity contribution in [1.82, 2.24) is 15.4 Å². The lowest BCUT2D eigenvalue weighted by Gasteiger charge is -2.24. The van der Waals surface area contributed by atoms with Crippen LogP contribution < -0.4 is 5.32 Å². The largest absolute Gasteiger partial charge is 0.361 e. The monoisotopic (exact) mass is 253 g/mol. The average Bonchev–Trinajstić information content (AvgIpc) is 2.84. The highest BCUT2D eigenvalue weighted by Gasteiger charge is 2.14. The molecule has 1 unspecified atom stereocenters. The highest BCUT2D eigenvalue weighted by molar-refractivity contribution is 5.92. The van der Waals surface area contributed by atoms with E-state index in [1.165, 1.54) is 0 Å². The Hall–Kier alpha value is -1.36. The lowest BCUT2D eigenvalue weighted by atomic mass is 10.2. The van der Waals surface area contributed by atoms with Crippen molar-refractivity contribution >= 4 is 5.91 Å². The molecule has 0 radical (unpaired) electrons. The Morgan fingerprint density at radius 3 is 2.83 bits per heavy atom. The van der Waals surface area contributed by atoms with Crippen LogP contribution in [0.5, 0.6) is 0 Å². The number of amides is 1. The maximum absolute atomic E-state index is 11.8. The summed E-state index contributed by atoms with van der Waals surface area (Å²) in [6, 6.07) is 2.00. The van der Waals surface area contributed by atoms with E-state index in [1.807, 2.05) is 6.92 Å². The summed E-state index contributed by atoms with van der Waals surface area (Å²) in [4.78, 5) is 14.0. The first-order chi connectivity index (χ1) is 8.58. The number of nitrogens with zero attached hydrogens (tertiary/aromatic N) is 2. The Labute approximate surface area is 109 Å². The van der Waals surface area contributed by atoms with E-state index in [0.717, 1.165) is 25.1 Å². The van der Waals surface area contributed by atoms with E-state index < -0.39 is 0 Å². The van der Waals surface area contributed by atoms with Crippen LogP contribution in [0.15, 0.2) is 10.6 Å². The van der Waals surface area contributed by atoms with E-state index in [2.05, 4.69) is 36.3 Å². The van der Waals surface area contributed by atoms with Crippen LogP contribution in [0.1, 0.15) is 43.4 Å². The zero-order valence-electron chi connectivity index (χ0n) is 11.7. The minimum absolute atomic E-state index is 0.171. The summed E-state index contributed by atoms with van der Waals surface area (Å²) in [6.45, 7) is 7.84. The second-order valence-corrected chi connectivity index (χ2v) is 4.57. The van der Waals surface area contributed by atoms with Gasteiger partial charge in [0.2, 0.25) is 0 Å². The van der Waals surface area contributed by atoms with Gasteiger partial charge in [0.05, 0.1) is 0 Å². The zero-order chi connectivity index (χ0) is 13.5. The molecule has 0 aromatic carbocycles. The van der Waals surface area contributed by atoms with Crippen molar-refractivity contribution in [2.45, 2.75) is 39.7 Å². The Kier molecular flexibility index (Phi) is 5.85. The van der Waals surface area contributed by atoms with Gasteiger partial charge < -0.3 is 14.7 Å². The molecule has 0 spiro atoms. The number of likely N-dealkylation sites (N-methyl/N-ethyl adjacent to an activating group) is 1. The molecule has 102 valence electrons. The predicted molar refractivity (Wildman–Crippen MR) is 70.6 cm³/mol. The van der Waals surface area contributed by atoms with E-state index >= 15 is 0 Å². The van der Waals surface area contributed by atoms with Crippen LogP contribution in [0.4, 0.5) is 0 Å². The summed E-state index contributed by atoms with van der Waals surface area (Å²) in [5.74, 6) is 0.562. The molecule has 18 heavy (non-hydrogen) atoms. The van der Waals surface area contributed by atoms with Gasteiger partial charge in [-0.05, 0) is 26.9 Å². The Bertz CT molecular complexity index is 376. The molecule has 0 aliphatic heterocycles. The number of hydrogen-bond acceptors (Lipinski definition) is 4. The Morgan fingerprint density at radius 2 is 2.28 bits per heavy atom. The van der Waals surface area contributed by atoms with E-state index in [1.54, 1.807) is 6.07 Å². The molecule has 1 rings (SSSR count). The van der Waals surface area contributed by atoms with Crippen molar-refractivity contribution in [3.05, 3.63) is 17.5 Å². The summed E-state index contributed by atoms with van der Waals surface area (Å²) in [5.41, 5.74) is 0.359. The number of aryl methyl sites for hydroxylation is 1. The molecule has 0 aliphatic carbocycles. The molecule has 1 aromatic heterocycles. The van der Waals surface area contributed by atoms with Gasteiger partial charge >= 0.3 is 0 Å². The lowest BCUT2D eigenvalue weighted by molar-refractivity contribution is 0.0931. The molecular weight excluding hydrogens is 230 g/mol. The first kappa shape index (κ1) is 14.7. The van der Waals surface area contributed by atoms with Crippen molar-refractivity contribution < 1.29 is 9.32 Å². The van der Waals surface area contributed by atoms with Crippen LogP contribution in [0.25, 0.3) is 0 Å². The fraction of sp³-hybridized carbons (Fsp3) is 0.692. The normalized spacial score (nSPS) is 12.7. The molecule has 5 nitrogen and oxygen atoms in total. The first-order valence-corrected chi connectivity index (χ1v) is 6.52. The van der Waals surface area contributed by atoms with Gasteiger partial charge in [-0.25, -0.2) is 0 Å². The van der Waals surface area contributed by atoms with Crippen molar-refractivity contribution in [2.24, 2.45) is 0 Å². The molecule has 0 aliphatic rings. The molecule has 0 saturated carbocycles. The van der Waals surface area contributed by atoms with Gasteiger partial charge in [0.1, 0.15) is 5.76 Å². The number of carbonyl (C=O) groups excluding carboxylic acids is 1. The van der Waals surface area contributed by atoms with Crippen LogP contribution in [0.3, 0.4) is 0 Å². The molecule has 0 saturated heterocycles. The third kappa shape index (κ3) is 4.14. The predicted octanol–water partition coefficient (Wildman–Crippen LogP) is 1.70. The fourth-order valence-electron chi connectivity index (χ4n) is 1.65. The van der Waals surface area contributed by atoms with Gasteiger partial charge in [-0.3, -0.25) is 4.79 Å². The second kappa shape index (κ2) is 7.16. The molecule has 1 N–H and O–H groups in total. The SMILES string of the molecule is CCCN(C)C(C)CNC(=O)c1cc(CC)on1. The van der Waals surface area contributed by atoms with E-state index in [9.17, 15) is 4.79 Å². The standard InChI is InChI=1S/C13H23N3O2/c1-5-7-16(4)10(3)9-14-13(17)12-8-11(6-2)18-15-12/h8,10H,5-7,9H2,1-4H3,(H,14,17). The highest BCUT2D eigenvalue weighted by atomic mass is 16.5. The molecule has 5 heteroatoms. The summed E-state index contributed by atoms with van der Waals surface area (Å²) >= 11 is 0. The molecule has 1 heterocycles. The quantitative estimate of drug-likeness (QED) is 0.803. The zero-order valence-corrected chi connectivity index (χ0v) is 11.7. The fourth-order valence-corrected chi connectivity index (χ4v) is 1.65. The van der Waals surface area contributed by atoms with Gasteiger partial charge in [-0.2, -0.15) is 0 Å². The molecule has 0 fully saturated rings. The average molecular weight is 253 g/mol. The van der Waals surface area contributed by atoms with Crippen molar-refractivity contribution in [2.75, 3.05) is 20.1 Å². The second-order valence-electron chi connectivity index (χ2n) is 4.57. The molecule has 1 atom stereocenters. The Balaban J connectivity index is 2.41. The number of aromatic nitrogens is 1. The van der Waals surface area contributed by atoms with Crippen LogP contribution in [0, 0.1) is 0 Å². The number of nitrogens with one attached hydrogen (secondary N) is 1. The van der Waals surface area contributed by atoms with Gasteiger partial charge in [0.25, 0.3) is 5.91 Å². The number of carbonyl (C=O) groups is 1. The molecular formula is C13H23N3O2. The molecule has 0 bridgehead atoms. The van der Waals surface area contributed by atoms with Crippen molar-refractivity contribution in [1.29, 1.82) is 0 Å². The third-order valence-electron chi connectivity index (χ3n) is 3.03. The highest BCUT2D eigenvalue weighted by Crippen LogP contribution is 2.04. The number of hydrogen-bond donors (Lipinski definition) is 1. The summed E-state index contributed by atoms with van der Waals surface area (Å²) in [6.07, 6.45) is 1.86. The summed E-state index contributed by atoms with van der Waals surface area (Å²) in [7, 11) is 2.06. The van der Waals surface area contributed by atoms with Crippen LogP contribution in [-0.4, -0.2) is 42.1 Å². The minimum Gasteiger partial charge on any atom is -0.361 e. The summed E-state index contributed by atoms with van der Waals surface area (Å²) < 4.78 is 5.01. The van der Waals surface area contributed by atoms with Gasteiger partial charge in [0.15, 0.2) is 5.69 Å². The van der Waals surface area contributed by atoms with Crippen molar-refractivity contribution in [3.63, 3.8) is 0 Å². The van der Waals surface area contributed by atoms with Gasteiger partial charge in [-0.15, -0.1) is 0 Å². The van der Waals surface area contributed by atoms with Crippen LogP contribution >= 0.6 is 0 Å². The van der Waals surface area contributed by atoms with E-state index in [0.29, 0.717) is 18.3 Å². The minimum atomic E-state index is -0.171. The Morgan fingerprint density at radius 1 is 1.56 bits per heavy atom. The maximum atomic E-state index is 11.8. The summed E-state index contributed by atoms with van der Waals surface area (Å²) in [5, 5.41) is 6.62. The van der Waals surface area contributed by atoms with Crippen LogP contribution in [0.2, 0.25) is 0 Å². The van der Waals surface area contributed by atoms with E-state index in [4.69, 9.17) is 4.52 Å². The first-order valence-electron chi connectivity index (χ1n) is 6.52. The lowest BCUT2D eigenvalue weighted by Crippen LogP contribution is -2.40. The topological polar surface area (TPSA) is 58.4 Å². The van der Waals surface area contributed by atoms with Gasteiger partial charge in [-0.1, -0.05) is 19.0 Å². The van der Waals surface area contributed by atoms with Crippen molar-refractivity contribution in [3.8, 4) is 0 Å². The van der Waals surface area contributed by atoms with E-state index in [-0.39, 0.29) is 5.91 Å². The molecule has 1 aromatic rings. The number of rotatable bonds is 7. The van der Waals surface area contributed by atoms with Gasteiger partial charge in [0, 0.05) is 25.1 Å².